The van der Waals surface area contributed by atoms with Crippen LogP contribution in [0.5, 0.6) is 0 Å². The maximum absolute atomic E-state index is 5.58. The zero-order chi connectivity index (χ0) is 11.5. The van der Waals surface area contributed by atoms with Crippen molar-refractivity contribution >= 4 is 43.2 Å². The third kappa shape index (κ3) is 2.57. The molecule has 2 aromatic rings. The second-order valence-electron chi connectivity index (χ2n) is 3.26. The summed E-state index contributed by atoms with van der Waals surface area (Å²) in [5, 5.41) is 2.05. The van der Waals surface area contributed by atoms with Gasteiger partial charge in [0.15, 0.2) is 4.67 Å². The molecule has 1 unspecified atom stereocenters. The molecule has 0 spiro atoms. The van der Waals surface area contributed by atoms with E-state index >= 15 is 0 Å². The standard InChI is InChI=1S/C10H10Br2N2OS/c11-7-2-4-16-9(7)5-8(14-13)6-1-3-15-10(6)12/h1-4,8,14H,5,13H2. The molecule has 0 aromatic carbocycles. The van der Waals surface area contributed by atoms with Crippen molar-refractivity contribution in [3.05, 3.63) is 43.4 Å². The fourth-order valence-corrected chi connectivity index (χ4v) is 3.55. The van der Waals surface area contributed by atoms with Gasteiger partial charge in [0.1, 0.15) is 0 Å². The van der Waals surface area contributed by atoms with Crippen LogP contribution in [0.4, 0.5) is 0 Å². The lowest BCUT2D eigenvalue weighted by Gasteiger charge is -2.13. The van der Waals surface area contributed by atoms with Crippen LogP contribution in [-0.4, -0.2) is 0 Å². The lowest BCUT2D eigenvalue weighted by atomic mass is 10.1. The van der Waals surface area contributed by atoms with E-state index in [9.17, 15) is 0 Å². The van der Waals surface area contributed by atoms with Gasteiger partial charge in [-0.15, -0.1) is 11.3 Å². The van der Waals surface area contributed by atoms with Gasteiger partial charge >= 0.3 is 0 Å². The van der Waals surface area contributed by atoms with E-state index in [2.05, 4.69) is 42.7 Å². The number of rotatable bonds is 4. The first-order valence-electron chi connectivity index (χ1n) is 4.63. The molecule has 6 heteroatoms. The van der Waals surface area contributed by atoms with Crippen molar-refractivity contribution < 1.29 is 4.42 Å². The molecule has 0 aliphatic rings. The minimum atomic E-state index is 0.0445. The molecular formula is C10H10Br2N2OS. The monoisotopic (exact) mass is 364 g/mol. The van der Waals surface area contributed by atoms with Crippen LogP contribution in [0.3, 0.4) is 0 Å². The molecule has 3 nitrogen and oxygen atoms in total. The van der Waals surface area contributed by atoms with E-state index in [1.165, 1.54) is 4.88 Å². The quantitative estimate of drug-likeness (QED) is 0.642. The van der Waals surface area contributed by atoms with Crippen LogP contribution in [0.1, 0.15) is 16.5 Å². The number of hydrazine groups is 1. The lowest BCUT2D eigenvalue weighted by molar-refractivity contribution is 0.508. The highest BCUT2D eigenvalue weighted by Gasteiger charge is 2.17. The van der Waals surface area contributed by atoms with E-state index in [0.717, 1.165) is 21.1 Å². The predicted octanol–water partition coefficient (Wildman–Crippen LogP) is 3.61. The summed E-state index contributed by atoms with van der Waals surface area (Å²) in [4.78, 5) is 1.26. The first kappa shape index (κ1) is 12.3. The van der Waals surface area contributed by atoms with Gasteiger partial charge in [-0.25, -0.2) is 0 Å². The molecule has 2 rings (SSSR count). The Morgan fingerprint density at radius 1 is 1.44 bits per heavy atom. The van der Waals surface area contributed by atoms with Gasteiger partial charge < -0.3 is 4.42 Å². The number of halogens is 2. The SMILES string of the molecule is NNC(Cc1sccc1Br)c1ccoc1Br. The zero-order valence-corrected chi connectivity index (χ0v) is 12.2. The Kier molecular flexibility index (Phi) is 4.21. The van der Waals surface area contributed by atoms with Gasteiger partial charge in [0.2, 0.25) is 0 Å². The molecule has 16 heavy (non-hydrogen) atoms. The summed E-state index contributed by atoms with van der Waals surface area (Å²) in [5.74, 6) is 5.58. The van der Waals surface area contributed by atoms with Gasteiger partial charge in [-0.3, -0.25) is 11.3 Å². The maximum Gasteiger partial charge on any atom is 0.173 e. The zero-order valence-electron chi connectivity index (χ0n) is 8.24. The van der Waals surface area contributed by atoms with Crippen LogP contribution < -0.4 is 11.3 Å². The number of thiophene rings is 1. The largest absolute Gasteiger partial charge is 0.457 e. The molecule has 0 radical (unpaired) electrons. The smallest absolute Gasteiger partial charge is 0.173 e. The molecule has 2 aromatic heterocycles. The molecule has 0 aliphatic heterocycles. The van der Waals surface area contributed by atoms with Crippen molar-refractivity contribution in [1.82, 2.24) is 5.43 Å². The highest BCUT2D eigenvalue weighted by molar-refractivity contribution is 9.10. The molecule has 0 saturated heterocycles. The average molecular weight is 366 g/mol. The first-order chi connectivity index (χ1) is 7.72. The van der Waals surface area contributed by atoms with Crippen molar-refractivity contribution in [2.75, 3.05) is 0 Å². The Balaban J connectivity index is 2.19. The van der Waals surface area contributed by atoms with E-state index in [0.29, 0.717) is 0 Å². The molecule has 0 saturated carbocycles. The second kappa shape index (κ2) is 5.46. The molecule has 0 amide bonds. The highest BCUT2D eigenvalue weighted by Crippen LogP contribution is 2.31. The van der Waals surface area contributed by atoms with Gasteiger partial charge in [-0.05, 0) is 49.4 Å². The summed E-state index contributed by atoms with van der Waals surface area (Å²) in [6, 6.07) is 4.00. The summed E-state index contributed by atoms with van der Waals surface area (Å²) in [6.07, 6.45) is 2.47. The molecule has 1 atom stereocenters. The fraction of sp³-hybridized carbons (Fsp3) is 0.200. The number of nitrogens with one attached hydrogen (secondary N) is 1. The molecule has 0 fully saturated rings. The minimum Gasteiger partial charge on any atom is -0.457 e. The summed E-state index contributed by atoms with van der Waals surface area (Å²) in [7, 11) is 0. The van der Waals surface area contributed by atoms with Crippen LogP contribution >= 0.6 is 43.2 Å². The Hall–Kier alpha value is -0.140. The van der Waals surface area contributed by atoms with Gasteiger partial charge in [0.05, 0.1) is 12.3 Å². The first-order valence-corrected chi connectivity index (χ1v) is 7.10. The van der Waals surface area contributed by atoms with E-state index in [1.807, 2.05) is 12.1 Å². The Bertz CT molecular complexity index is 469. The number of furan rings is 1. The van der Waals surface area contributed by atoms with Crippen molar-refractivity contribution in [3.8, 4) is 0 Å². The van der Waals surface area contributed by atoms with Crippen molar-refractivity contribution in [3.63, 3.8) is 0 Å². The Morgan fingerprint density at radius 2 is 2.25 bits per heavy atom. The van der Waals surface area contributed by atoms with Crippen LogP contribution in [0.15, 0.2) is 37.3 Å². The highest BCUT2D eigenvalue weighted by atomic mass is 79.9. The van der Waals surface area contributed by atoms with Gasteiger partial charge in [0, 0.05) is 21.3 Å². The fourth-order valence-electron chi connectivity index (χ4n) is 1.47. The van der Waals surface area contributed by atoms with Crippen molar-refractivity contribution in [2.45, 2.75) is 12.5 Å². The molecule has 3 N–H and O–H groups in total. The van der Waals surface area contributed by atoms with E-state index < -0.39 is 0 Å². The second-order valence-corrected chi connectivity index (χ2v) is 5.84. The minimum absolute atomic E-state index is 0.0445. The summed E-state index contributed by atoms with van der Waals surface area (Å²) >= 11 is 8.58. The average Bonchev–Trinajstić information content (AvgIpc) is 2.85. The topological polar surface area (TPSA) is 51.2 Å². The molecule has 86 valence electrons. The summed E-state index contributed by atoms with van der Waals surface area (Å²) < 4.78 is 7.06. The van der Waals surface area contributed by atoms with Gasteiger partial charge in [-0.2, -0.15) is 0 Å². The number of nitrogens with two attached hydrogens (primary N) is 1. The Morgan fingerprint density at radius 3 is 2.75 bits per heavy atom. The lowest BCUT2D eigenvalue weighted by Crippen LogP contribution is -2.29. The van der Waals surface area contributed by atoms with Crippen LogP contribution in [0, 0.1) is 0 Å². The molecule has 2 heterocycles. The molecule has 0 aliphatic carbocycles. The molecule has 0 bridgehead atoms. The van der Waals surface area contributed by atoms with Crippen LogP contribution in [-0.2, 0) is 6.42 Å². The van der Waals surface area contributed by atoms with Crippen molar-refractivity contribution in [1.29, 1.82) is 0 Å². The van der Waals surface area contributed by atoms with Crippen molar-refractivity contribution in [2.24, 2.45) is 5.84 Å². The number of hydrogen-bond acceptors (Lipinski definition) is 4. The third-order valence-corrected chi connectivity index (χ3v) is 4.90. The Labute approximate surface area is 114 Å². The molecular weight excluding hydrogens is 356 g/mol. The number of hydrogen-bond donors (Lipinski definition) is 2. The summed E-state index contributed by atoms with van der Waals surface area (Å²) in [6.45, 7) is 0. The van der Waals surface area contributed by atoms with Gasteiger partial charge in [0.25, 0.3) is 0 Å². The van der Waals surface area contributed by atoms with E-state index in [1.54, 1.807) is 17.6 Å². The van der Waals surface area contributed by atoms with E-state index in [4.69, 9.17) is 10.3 Å². The maximum atomic E-state index is 5.58. The van der Waals surface area contributed by atoms with Gasteiger partial charge in [-0.1, -0.05) is 0 Å². The summed E-state index contributed by atoms with van der Waals surface area (Å²) in [5.41, 5.74) is 3.84. The predicted molar refractivity (Wildman–Crippen MR) is 72.2 cm³/mol. The van der Waals surface area contributed by atoms with E-state index in [-0.39, 0.29) is 6.04 Å². The normalized spacial score (nSPS) is 12.9. The van der Waals surface area contributed by atoms with Crippen LogP contribution in [0.2, 0.25) is 0 Å². The van der Waals surface area contributed by atoms with Crippen LogP contribution in [0.25, 0.3) is 0 Å². The third-order valence-electron chi connectivity index (χ3n) is 2.30.